The van der Waals surface area contributed by atoms with Crippen molar-refractivity contribution in [3.63, 3.8) is 0 Å². The van der Waals surface area contributed by atoms with Gasteiger partial charge in [-0.1, -0.05) is 60.1 Å². The van der Waals surface area contributed by atoms with Crippen molar-refractivity contribution in [3.05, 3.63) is 101 Å². The first-order valence-corrected chi connectivity index (χ1v) is 12.3. The zero-order valence-corrected chi connectivity index (χ0v) is 21.6. The molecule has 0 spiro atoms. The van der Waals surface area contributed by atoms with Crippen molar-refractivity contribution in [3.8, 4) is 17.1 Å². The fourth-order valence-corrected chi connectivity index (χ4v) is 4.89. The minimum absolute atomic E-state index is 0.264. The highest BCUT2D eigenvalue weighted by Crippen LogP contribution is 2.39. The number of anilines is 1. The summed E-state index contributed by atoms with van der Waals surface area (Å²) in [6, 6.07) is 24.1. The van der Waals surface area contributed by atoms with Crippen LogP contribution in [-0.4, -0.2) is 22.4 Å². The van der Waals surface area contributed by atoms with Crippen LogP contribution in [0.15, 0.2) is 83.0 Å². The van der Waals surface area contributed by atoms with Gasteiger partial charge in [-0.2, -0.15) is 4.98 Å². The van der Waals surface area contributed by atoms with Gasteiger partial charge in [-0.05, 0) is 73.9 Å². The first kappa shape index (κ1) is 23.8. The van der Waals surface area contributed by atoms with E-state index < -0.39 is 0 Å². The second kappa shape index (κ2) is 9.95. The smallest absolute Gasteiger partial charge is 0.258 e. The normalized spacial score (nSPS) is 15.7. The van der Waals surface area contributed by atoms with Crippen LogP contribution in [0.1, 0.15) is 42.5 Å². The first-order valence-electron chi connectivity index (χ1n) is 11.9. The third-order valence-corrected chi connectivity index (χ3v) is 6.74. The molecule has 1 atom stereocenters. The van der Waals surface area contributed by atoms with E-state index in [1.807, 2.05) is 67.3 Å². The van der Waals surface area contributed by atoms with E-state index in [-0.39, 0.29) is 6.04 Å². The number of methoxy groups -OCH3 is 1. The van der Waals surface area contributed by atoms with Gasteiger partial charge in [0.05, 0.1) is 18.7 Å². The third kappa shape index (κ3) is 4.50. The van der Waals surface area contributed by atoms with Gasteiger partial charge in [0.25, 0.3) is 5.89 Å². The summed E-state index contributed by atoms with van der Waals surface area (Å²) in [5.41, 5.74) is 7.11. The molecule has 36 heavy (non-hydrogen) atoms. The van der Waals surface area contributed by atoms with Crippen LogP contribution in [0.2, 0.25) is 0 Å². The molecule has 0 fully saturated rings. The Labute approximate surface area is 216 Å². The van der Waals surface area contributed by atoms with Crippen molar-refractivity contribution in [1.82, 2.24) is 15.5 Å². The molecule has 0 radical (unpaired) electrons. The highest BCUT2D eigenvalue weighted by molar-refractivity contribution is 7.80. The average Bonchev–Trinajstić information content (AvgIpc) is 3.38. The molecular formula is C29H28N4O2S. The zero-order chi connectivity index (χ0) is 25.2. The maximum absolute atomic E-state index is 5.88. The molecule has 0 aliphatic carbocycles. The Balaban J connectivity index is 1.65. The van der Waals surface area contributed by atoms with Crippen LogP contribution >= 0.6 is 12.2 Å². The lowest BCUT2D eigenvalue weighted by Crippen LogP contribution is -2.46. The van der Waals surface area contributed by atoms with Gasteiger partial charge in [0, 0.05) is 16.9 Å². The number of nitrogens with zero attached hydrogens (tertiary/aromatic N) is 3. The van der Waals surface area contributed by atoms with Crippen LogP contribution in [0.4, 0.5) is 5.69 Å². The zero-order valence-electron chi connectivity index (χ0n) is 20.8. The monoisotopic (exact) mass is 496 g/mol. The van der Waals surface area contributed by atoms with Gasteiger partial charge in [-0.25, -0.2) is 0 Å². The molecule has 2 heterocycles. The van der Waals surface area contributed by atoms with Gasteiger partial charge in [-0.15, -0.1) is 0 Å². The molecule has 1 unspecified atom stereocenters. The molecule has 1 N–H and O–H groups in total. The van der Waals surface area contributed by atoms with Crippen LogP contribution in [0.5, 0.6) is 5.75 Å². The molecule has 0 saturated heterocycles. The standard InChI is InChI=1S/C29H28N4O2S/c1-5-20-9-7-11-23(17-20)33-19(3)25(26(30-29(33)36)21-12-14-24(34-4)15-13-21)28-31-27(32-35-28)22-10-6-8-18(2)16-22/h6-17,26H,5H2,1-4H3,(H,30,36). The van der Waals surface area contributed by atoms with E-state index in [0.29, 0.717) is 16.8 Å². The molecule has 0 saturated carbocycles. The van der Waals surface area contributed by atoms with Gasteiger partial charge in [0.1, 0.15) is 5.75 Å². The number of rotatable bonds is 6. The summed E-state index contributed by atoms with van der Waals surface area (Å²) in [6.07, 6.45) is 0.940. The van der Waals surface area contributed by atoms with Crippen LogP contribution < -0.4 is 15.0 Å². The molecule has 4 aromatic rings. The second-order valence-corrected chi connectivity index (χ2v) is 9.19. The lowest BCUT2D eigenvalue weighted by molar-refractivity contribution is 0.404. The van der Waals surface area contributed by atoms with E-state index in [0.717, 1.165) is 45.8 Å². The van der Waals surface area contributed by atoms with E-state index in [2.05, 4.69) is 41.7 Å². The topological polar surface area (TPSA) is 63.4 Å². The maximum atomic E-state index is 5.88. The van der Waals surface area contributed by atoms with Gasteiger partial charge in [0.2, 0.25) is 5.82 Å². The van der Waals surface area contributed by atoms with Crippen LogP contribution in [0, 0.1) is 6.92 Å². The van der Waals surface area contributed by atoms with Crippen LogP contribution in [0.3, 0.4) is 0 Å². The number of nitrogens with one attached hydrogen (secondary N) is 1. The van der Waals surface area contributed by atoms with E-state index in [9.17, 15) is 0 Å². The largest absolute Gasteiger partial charge is 0.497 e. The molecule has 6 nitrogen and oxygen atoms in total. The highest BCUT2D eigenvalue weighted by Gasteiger charge is 2.35. The molecular weight excluding hydrogens is 468 g/mol. The predicted molar refractivity (Wildman–Crippen MR) is 147 cm³/mol. The lowest BCUT2D eigenvalue weighted by Gasteiger charge is -2.37. The first-order chi connectivity index (χ1) is 17.5. The average molecular weight is 497 g/mol. The molecule has 0 amide bonds. The molecule has 5 rings (SSSR count). The molecule has 7 heteroatoms. The number of thiocarbonyl (C=S) groups is 1. The summed E-state index contributed by atoms with van der Waals surface area (Å²) in [6.45, 7) is 6.24. The van der Waals surface area contributed by atoms with Crippen molar-refractivity contribution in [2.24, 2.45) is 0 Å². The van der Waals surface area contributed by atoms with Gasteiger partial charge in [-0.3, -0.25) is 4.90 Å². The Hall–Kier alpha value is -3.97. The number of hydrogen-bond donors (Lipinski definition) is 1. The van der Waals surface area contributed by atoms with Gasteiger partial charge >= 0.3 is 0 Å². The number of benzene rings is 3. The molecule has 182 valence electrons. The SMILES string of the molecule is CCc1cccc(N2C(=S)NC(c3ccc(OC)cc3)C(c3nc(-c4cccc(C)c4)no3)=C2C)c1. The molecule has 3 aromatic carbocycles. The van der Waals surface area contributed by atoms with Crippen molar-refractivity contribution in [2.45, 2.75) is 33.2 Å². The Morgan fingerprint density at radius 2 is 1.81 bits per heavy atom. The Bertz CT molecular complexity index is 1440. The summed E-state index contributed by atoms with van der Waals surface area (Å²) >= 11 is 5.88. The summed E-state index contributed by atoms with van der Waals surface area (Å²) in [7, 11) is 1.66. The number of aryl methyl sites for hydroxylation is 2. The number of aromatic nitrogens is 2. The summed E-state index contributed by atoms with van der Waals surface area (Å²) in [4.78, 5) is 6.86. The summed E-state index contributed by atoms with van der Waals surface area (Å²) in [5, 5.41) is 8.46. The third-order valence-electron chi connectivity index (χ3n) is 6.44. The van der Waals surface area contributed by atoms with Crippen LogP contribution in [-0.2, 0) is 6.42 Å². The summed E-state index contributed by atoms with van der Waals surface area (Å²) < 4.78 is 11.2. The molecule has 0 bridgehead atoms. The van der Waals surface area contributed by atoms with E-state index in [1.165, 1.54) is 5.56 Å². The Morgan fingerprint density at radius 3 is 2.53 bits per heavy atom. The Kier molecular flexibility index (Phi) is 6.57. The predicted octanol–water partition coefficient (Wildman–Crippen LogP) is 6.48. The maximum Gasteiger partial charge on any atom is 0.258 e. The fraction of sp³-hybridized carbons (Fsp3) is 0.207. The van der Waals surface area contributed by atoms with Crippen molar-refractivity contribution >= 4 is 28.6 Å². The number of allylic oxidation sites excluding steroid dienone is 1. The summed E-state index contributed by atoms with van der Waals surface area (Å²) in [5.74, 6) is 1.79. The number of hydrogen-bond acceptors (Lipinski definition) is 5. The van der Waals surface area contributed by atoms with Gasteiger partial charge in [0.15, 0.2) is 5.11 Å². The highest BCUT2D eigenvalue weighted by atomic mass is 32.1. The fourth-order valence-electron chi connectivity index (χ4n) is 4.53. The minimum Gasteiger partial charge on any atom is -0.497 e. The van der Waals surface area contributed by atoms with E-state index in [1.54, 1.807) is 7.11 Å². The molecule has 1 aliphatic rings. The van der Waals surface area contributed by atoms with E-state index in [4.69, 9.17) is 26.5 Å². The molecule has 1 aliphatic heterocycles. The minimum atomic E-state index is -0.264. The lowest BCUT2D eigenvalue weighted by atomic mass is 9.94. The van der Waals surface area contributed by atoms with Crippen molar-refractivity contribution < 1.29 is 9.26 Å². The van der Waals surface area contributed by atoms with Gasteiger partial charge < -0.3 is 14.6 Å². The van der Waals surface area contributed by atoms with E-state index >= 15 is 0 Å². The van der Waals surface area contributed by atoms with Crippen molar-refractivity contribution in [1.29, 1.82) is 0 Å². The Morgan fingerprint density at radius 1 is 1.03 bits per heavy atom. The molecule has 1 aromatic heterocycles. The number of ether oxygens (including phenoxy) is 1. The van der Waals surface area contributed by atoms with Crippen LogP contribution in [0.25, 0.3) is 17.0 Å². The second-order valence-electron chi connectivity index (χ2n) is 8.81. The van der Waals surface area contributed by atoms with Crippen molar-refractivity contribution in [2.75, 3.05) is 12.0 Å². The quantitative estimate of drug-likeness (QED) is 0.306.